The molecule has 5 rings (SSSR count). The van der Waals surface area contributed by atoms with E-state index in [1.165, 1.54) is 11.3 Å². The minimum atomic E-state index is 0.210. The molecule has 0 bridgehead atoms. The second-order valence-corrected chi connectivity index (χ2v) is 9.08. The molecule has 0 saturated carbocycles. The number of hydrogen-bond acceptors (Lipinski definition) is 5. The lowest BCUT2D eigenvalue weighted by Crippen LogP contribution is -2.52. The van der Waals surface area contributed by atoms with Crippen LogP contribution in [-0.4, -0.2) is 84.3 Å². The molecule has 2 amide bonds. The van der Waals surface area contributed by atoms with E-state index in [4.69, 9.17) is 0 Å². The van der Waals surface area contributed by atoms with Gasteiger partial charge < -0.3 is 25.3 Å². The monoisotopic (exact) mass is 461 g/mol. The largest absolute Gasteiger partial charge is 0.384 e. The standard InChI is InChI=1S/C26H35N7O/c1-2-27-11-12-28-23-7-5-21(6-8-23)22-19-25-24(9-10-29-33(25)20-22)30-15-17-32(18-16-30)26(34)31-13-3-4-14-31/h5-10,19-20,27-28H,2-4,11-18H2,1H3. The van der Waals surface area contributed by atoms with Crippen molar-refractivity contribution in [1.82, 2.24) is 24.7 Å². The fraction of sp³-hybridized carbons (Fsp3) is 0.462. The van der Waals surface area contributed by atoms with E-state index < -0.39 is 0 Å². The van der Waals surface area contributed by atoms with E-state index in [0.29, 0.717) is 0 Å². The summed E-state index contributed by atoms with van der Waals surface area (Å²) < 4.78 is 1.97. The summed E-state index contributed by atoms with van der Waals surface area (Å²) in [7, 11) is 0. The van der Waals surface area contributed by atoms with Crippen molar-refractivity contribution in [3.05, 3.63) is 48.8 Å². The van der Waals surface area contributed by atoms with Crippen molar-refractivity contribution in [3.8, 4) is 11.1 Å². The van der Waals surface area contributed by atoms with Gasteiger partial charge in [0.15, 0.2) is 0 Å². The maximum atomic E-state index is 12.7. The van der Waals surface area contributed by atoms with Crippen LogP contribution in [0.15, 0.2) is 48.8 Å². The van der Waals surface area contributed by atoms with Gasteiger partial charge >= 0.3 is 6.03 Å². The molecule has 3 aromatic rings. The average molecular weight is 462 g/mol. The number of benzene rings is 1. The van der Waals surface area contributed by atoms with Crippen molar-refractivity contribution in [2.45, 2.75) is 19.8 Å². The number of piperazine rings is 1. The van der Waals surface area contributed by atoms with Crippen LogP contribution in [0.3, 0.4) is 0 Å². The number of urea groups is 1. The minimum absolute atomic E-state index is 0.210. The molecule has 0 unspecified atom stereocenters. The molecule has 2 N–H and O–H groups in total. The molecule has 8 heteroatoms. The van der Waals surface area contributed by atoms with Crippen LogP contribution in [0.1, 0.15) is 19.8 Å². The number of hydrogen-bond donors (Lipinski definition) is 2. The Labute approximate surface area is 201 Å². The molecule has 2 fully saturated rings. The Morgan fingerprint density at radius 3 is 2.38 bits per heavy atom. The SMILES string of the molecule is CCNCCNc1ccc(-c2cc3c(N4CCN(C(=O)N5CCCC5)CC4)ccnn3c2)cc1. The highest BCUT2D eigenvalue weighted by Gasteiger charge is 2.27. The summed E-state index contributed by atoms with van der Waals surface area (Å²) in [6.45, 7) is 10.00. The van der Waals surface area contributed by atoms with Gasteiger partial charge in [-0.3, -0.25) is 0 Å². The van der Waals surface area contributed by atoms with E-state index in [1.54, 1.807) is 0 Å². The second kappa shape index (κ2) is 10.3. The molecule has 2 aromatic heterocycles. The summed E-state index contributed by atoms with van der Waals surface area (Å²) in [4.78, 5) is 19.1. The van der Waals surface area contributed by atoms with Gasteiger partial charge in [-0.05, 0) is 49.2 Å². The lowest BCUT2D eigenvalue weighted by atomic mass is 10.1. The van der Waals surface area contributed by atoms with Gasteiger partial charge in [0.1, 0.15) is 0 Å². The van der Waals surface area contributed by atoms with Gasteiger partial charge in [0.25, 0.3) is 0 Å². The second-order valence-electron chi connectivity index (χ2n) is 9.08. The van der Waals surface area contributed by atoms with Gasteiger partial charge in [-0.15, -0.1) is 0 Å². The molecule has 0 spiro atoms. The minimum Gasteiger partial charge on any atom is -0.384 e. The Hall–Kier alpha value is -3.26. The third-order valence-electron chi connectivity index (χ3n) is 6.85. The number of nitrogens with one attached hydrogen (secondary N) is 2. The van der Waals surface area contributed by atoms with Gasteiger partial charge in [-0.25, -0.2) is 9.31 Å². The van der Waals surface area contributed by atoms with Crippen LogP contribution < -0.4 is 15.5 Å². The zero-order chi connectivity index (χ0) is 23.3. The summed E-state index contributed by atoms with van der Waals surface area (Å²) in [6.07, 6.45) is 6.23. The van der Waals surface area contributed by atoms with Crippen LogP contribution >= 0.6 is 0 Å². The number of carbonyl (C=O) groups excluding carboxylic acids is 1. The number of carbonyl (C=O) groups is 1. The fourth-order valence-corrected chi connectivity index (χ4v) is 4.92. The van der Waals surface area contributed by atoms with Crippen LogP contribution in [0, 0.1) is 0 Å². The number of aromatic nitrogens is 2. The van der Waals surface area contributed by atoms with Crippen LogP contribution in [0.2, 0.25) is 0 Å². The third kappa shape index (κ3) is 4.82. The van der Waals surface area contributed by atoms with E-state index >= 15 is 0 Å². The Morgan fingerprint density at radius 2 is 1.65 bits per heavy atom. The Morgan fingerprint density at radius 1 is 0.912 bits per heavy atom. The number of fused-ring (bicyclic) bond motifs is 1. The quantitative estimate of drug-likeness (QED) is 0.528. The van der Waals surface area contributed by atoms with Crippen molar-refractivity contribution in [3.63, 3.8) is 0 Å². The van der Waals surface area contributed by atoms with Gasteiger partial charge in [0, 0.05) is 76.0 Å². The molecule has 2 aliphatic rings. The first-order valence-corrected chi connectivity index (χ1v) is 12.5. The Balaban J connectivity index is 1.26. The van der Waals surface area contributed by atoms with Crippen molar-refractivity contribution in [2.24, 2.45) is 0 Å². The van der Waals surface area contributed by atoms with Crippen molar-refractivity contribution in [1.29, 1.82) is 0 Å². The average Bonchev–Trinajstić information content (AvgIpc) is 3.57. The molecule has 8 nitrogen and oxygen atoms in total. The summed E-state index contributed by atoms with van der Waals surface area (Å²) in [5.74, 6) is 0. The van der Waals surface area contributed by atoms with Gasteiger partial charge in [0.2, 0.25) is 0 Å². The molecule has 2 aliphatic heterocycles. The van der Waals surface area contributed by atoms with Crippen LogP contribution in [0.25, 0.3) is 16.6 Å². The molecule has 1 aromatic carbocycles. The lowest BCUT2D eigenvalue weighted by molar-refractivity contribution is 0.159. The zero-order valence-electron chi connectivity index (χ0n) is 20.0. The van der Waals surface area contributed by atoms with Crippen molar-refractivity contribution < 1.29 is 4.79 Å². The lowest BCUT2D eigenvalue weighted by Gasteiger charge is -2.37. The first-order valence-electron chi connectivity index (χ1n) is 12.5. The highest BCUT2D eigenvalue weighted by molar-refractivity contribution is 5.81. The molecular formula is C26H35N7O. The summed E-state index contributed by atoms with van der Waals surface area (Å²) in [5.41, 5.74) is 5.74. The van der Waals surface area contributed by atoms with Crippen LogP contribution in [0.4, 0.5) is 16.2 Å². The van der Waals surface area contributed by atoms with E-state index in [2.05, 4.69) is 70.2 Å². The highest BCUT2D eigenvalue weighted by atomic mass is 16.2. The van der Waals surface area contributed by atoms with Crippen molar-refractivity contribution >= 4 is 22.9 Å². The molecule has 34 heavy (non-hydrogen) atoms. The third-order valence-corrected chi connectivity index (χ3v) is 6.85. The molecule has 2 saturated heterocycles. The summed E-state index contributed by atoms with van der Waals surface area (Å²) >= 11 is 0. The molecular weight excluding hydrogens is 426 g/mol. The normalized spacial score (nSPS) is 16.4. The van der Waals surface area contributed by atoms with Crippen LogP contribution in [-0.2, 0) is 0 Å². The Bertz CT molecular complexity index is 1100. The highest BCUT2D eigenvalue weighted by Crippen LogP contribution is 2.29. The van der Waals surface area contributed by atoms with Crippen LogP contribution in [0.5, 0.6) is 0 Å². The van der Waals surface area contributed by atoms with E-state index in [9.17, 15) is 4.79 Å². The number of amides is 2. The number of likely N-dealkylation sites (tertiary alicyclic amines) is 1. The van der Waals surface area contributed by atoms with E-state index in [0.717, 1.165) is 88.5 Å². The molecule has 0 atom stereocenters. The van der Waals surface area contributed by atoms with E-state index in [-0.39, 0.29) is 6.03 Å². The molecule has 0 radical (unpaired) electrons. The van der Waals surface area contributed by atoms with Gasteiger partial charge in [-0.2, -0.15) is 5.10 Å². The van der Waals surface area contributed by atoms with Gasteiger partial charge in [0.05, 0.1) is 11.2 Å². The maximum Gasteiger partial charge on any atom is 0.320 e. The first kappa shape index (κ1) is 22.5. The molecule has 0 aliphatic carbocycles. The summed E-state index contributed by atoms with van der Waals surface area (Å²) in [5, 5.41) is 11.3. The number of anilines is 2. The Kier molecular flexibility index (Phi) is 6.85. The first-order chi connectivity index (χ1) is 16.7. The van der Waals surface area contributed by atoms with Crippen molar-refractivity contribution in [2.75, 3.05) is 69.1 Å². The fourth-order valence-electron chi connectivity index (χ4n) is 4.92. The predicted octanol–water partition coefficient (Wildman–Crippen LogP) is 3.36. The molecule has 180 valence electrons. The van der Waals surface area contributed by atoms with Gasteiger partial charge in [-0.1, -0.05) is 19.1 Å². The number of likely N-dealkylation sites (N-methyl/N-ethyl adjacent to an activating group) is 1. The maximum absolute atomic E-state index is 12.7. The smallest absolute Gasteiger partial charge is 0.320 e. The topological polar surface area (TPSA) is 68.2 Å². The zero-order valence-corrected chi connectivity index (χ0v) is 20.0. The summed E-state index contributed by atoms with van der Waals surface area (Å²) in [6, 6.07) is 13.1. The van der Waals surface area contributed by atoms with E-state index in [1.807, 2.05) is 20.5 Å². The number of rotatable bonds is 7. The number of nitrogens with zero attached hydrogens (tertiary/aromatic N) is 5. The molecule has 4 heterocycles. The predicted molar refractivity (Wildman–Crippen MR) is 138 cm³/mol.